The Morgan fingerprint density at radius 2 is 1.56 bits per heavy atom. The quantitative estimate of drug-likeness (QED) is 0.500. The average Bonchev–Trinajstić information content (AvgIpc) is 2.57. The standard InChI is InChI=1S/C13H9.2ClH.Zr/c1-2-5-11-9-13-7-3-6-12(13)8-10(11)4-1;;;/h1-9H;2*1H;/q;;;+2/p-2. The molecule has 0 amide bonds. The summed E-state index contributed by atoms with van der Waals surface area (Å²) in [4.78, 5) is 0. The zero-order chi connectivity index (χ0) is 9.54. The molecule has 1 atom stereocenters. The molecule has 3 rings (SSSR count). The fourth-order valence-corrected chi connectivity index (χ4v) is 2.84. The predicted molar refractivity (Wildman–Crippen MR) is 55.7 cm³/mol. The van der Waals surface area contributed by atoms with Crippen LogP contribution in [0.3, 0.4) is 0 Å². The molecule has 79 valence electrons. The van der Waals surface area contributed by atoms with Crippen LogP contribution in [-0.2, 0) is 24.7 Å². The summed E-state index contributed by atoms with van der Waals surface area (Å²) in [5.41, 5.74) is 2.91. The summed E-state index contributed by atoms with van der Waals surface area (Å²) in [5, 5.41) is 2.71. The summed E-state index contributed by atoms with van der Waals surface area (Å²) in [6, 6.07) is 13.2. The Labute approximate surface area is 123 Å². The maximum absolute atomic E-state index is 2.34. The van der Waals surface area contributed by atoms with Gasteiger partial charge < -0.3 is 24.8 Å². The molecule has 16 heavy (non-hydrogen) atoms. The Hall–Kier alpha value is -0.0969. The molecule has 0 heterocycles. The molecule has 2 aromatic rings. The van der Waals surface area contributed by atoms with Gasteiger partial charge in [-0.3, -0.25) is 0 Å². The van der Waals surface area contributed by atoms with Crippen LogP contribution >= 0.6 is 0 Å². The Morgan fingerprint density at radius 3 is 2.25 bits per heavy atom. The Balaban J connectivity index is 0.000000640. The fourth-order valence-electron chi connectivity index (χ4n) is 1.99. The molecule has 2 aromatic carbocycles. The van der Waals surface area contributed by atoms with Crippen LogP contribution in [-0.4, -0.2) is 0 Å². The van der Waals surface area contributed by atoms with E-state index in [9.17, 15) is 0 Å². The summed E-state index contributed by atoms with van der Waals surface area (Å²) in [5.74, 6) is 0. The van der Waals surface area contributed by atoms with Crippen LogP contribution in [0.1, 0.15) is 14.8 Å². The number of benzene rings is 2. The minimum atomic E-state index is 0. The van der Waals surface area contributed by atoms with E-state index >= 15 is 0 Å². The van der Waals surface area contributed by atoms with Gasteiger partial charge in [-0.25, -0.2) is 0 Å². The number of rotatable bonds is 0. The Morgan fingerprint density at radius 1 is 0.938 bits per heavy atom. The van der Waals surface area contributed by atoms with Crippen molar-refractivity contribution in [2.75, 3.05) is 0 Å². The van der Waals surface area contributed by atoms with Crippen molar-refractivity contribution >= 4 is 16.8 Å². The van der Waals surface area contributed by atoms with Gasteiger partial charge in [-0.05, 0) is 0 Å². The van der Waals surface area contributed by atoms with Gasteiger partial charge in [-0.15, -0.1) is 0 Å². The molecular weight excluding hydrogens is 318 g/mol. The van der Waals surface area contributed by atoms with E-state index in [0.717, 1.165) is 0 Å². The second kappa shape index (κ2) is 5.49. The van der Waals surface area contributed by atoms with Crippen LogP contribution in [0, 0.1) is 0 Å². The number of hydrogen-bond donors (Lipinski definition) is 0. The van der Waals surface area contributed by atoms with Crippen molar-refractivity contribution in [2.24, 2.45) is 0 Å². The van der Waals surface area contributed by atoms with Crippen LogP contribution in [0.25, 0.3) is 16.8 Å². The van der Waals surface area contributed by atoms with Crippen LogP contribution in [0.15, 0.2) is 42.5 Å². The number of fused-ring (bicyclic) bond motifs is 2. The van der Waals surface area contributed by atoms with Gasteiger partial charge in [0.1, 0.15) is 0 Å². The monoisotopic (exact) mass is 325 g/mol. The summed E-state index contributed by atoms with van der Waals surface area (Å²) in [6.07, 6.45) is 4.56. The molecule has 0 saturated heterocycles. The first-order valence-corrected chi connectivity index (χ1v) is 6.18. The van der Waals surface area contributed by atoms with Gasteiger partial charge in [0, 0.05) is 0 Å². The van der Waals surface area contributed by atoms with Gasteiger partial charge in [0.25, 0.3) is 0 Å². The third-order valence-corrected chi connectivity index (χ3v) is 3.99. The molecule has 0 N–H and O–H groups in total. The molecule has 1 aliphatic rings. The van der Waals surface area contributed by atoms with Crippen LogP contribution in [0.4, 0.5) is 0 Å². The average molecular weight is 327 g/mol. The van der Waals surface area contributed by atoms with E-state index < -0.39 is 0 Å². The van der Waals surface area contributed by atoms with Gasteiger partial charge in [-0.1, -0.05) is 0 Å². The molecule has 0 aliphatic heterocycles. The molecule has 0 spiro atoms. The van der Waals surface area contributed by atoms with Crippen molar-refractivity contribution in [3.8, 4) is 0 Å². The van der Waals surface area contributed by atoms with Crippen molar-refractivity contribution in [3.05, 3.63) is 53.6 Å². The molecule has 1 unspecified atom stereocenters. The summed E-state index contributed by atoms with van der Waals surface area (Å²) >= 11 is 1.58. The minimum absolute atomic E-state index is 0. The molecule has 0 aromatic heterocycles. The van der Waals surface area contributed by atoms with Gasteiger partial charge in [0.15, 0.2) is 0 Å². The van der Waals surface area contributed by atoms with Gasteiger partial charge in [0.05, 0.1) is 0 Å². The van der Waals surface area contributed by atoms with Crippen molar-refractivity contribution in [3.63, 3.8) is 0 Å². The number of allylic oxidation sites excluding steroid dienone is 1. The Kier molecular flexibility index (Phi) is 4.79. The Bertz CT molecular complexity index is 534. The van der Waals surface area contributed by atoms with Crippen molar-refractivity contribution < 1.29 is 49.5 Å². The molecule has 0 saturated carbocycles. The summed E-state index contributed by atoms with van der Waals surface area (Å²) < 4.78 is 0.668. The van der Waals surface area contributed by atoms with Crippen molar-refractivity contribution in [1.82, 2.24) is 0 Å². The normalized spacial score (nSPS) is 16.5. The first kappa shape index (κ1) is 14.0. The number of halogens is 2. The fraction of sp³-hybridized carbons (Fsp3) is 0.0769. The summed E-state index contributed by atoms with van der Waals surface area (Å²) in [6.45, 7) is 0. The second-order valence-corrected chi connectivity index (χ2v) is 5.19. The van der Waals surface area contributed by atoms with E-state index in [1.807, 2.05) is 0 Å². The number of hydrogen-bond acceptors (Lipinski definition) is 0. The third kappa shape index (κ3) is 2.27. The molecule has 1 aliphatic carbocycles. The van der Waals surface area contributed by atoms with Crippen LogP contribution < -0.4 is 24.8 Å². The first-order chi connectivity index (χ1) is 6.84. The van der Waals surface area contributed by atoms with E-state index in [1.54, 1.807) is 24.7 Å². The van der Waals surface area contributed by atoms with E-state index in [0.29, 0.717) is 3.63 Å². The van der Waals surface area contributed by atoms with Gasteiger partial charge >= 0.3 is 98.8 Å². The molecule has 0 radical (unpaired) electrons. The van der Waals surface area contributed by atoms with Crippen LogP contribution in [0.5, 0.6) is 0 Å². The summed E-state index contributed by atoms with van der Waals surface area (Å²) in [7, 11) is 0. The topological polar surface area (TPSA) is 0 Å². The zero-order valence-electron chi connectivity index (χ0n) is 8.45. The molecule has 3 heteroatoms. The van der Waals surface area contributed by atoms with E-state index in [2.05, 4.69) is 48.6 Å². The SMILES string of the molecule is [Cl-].[Cl-].[Zr+2][CH]1C=Cc2cc3ccccc3cc21. The van der Waals surface area contributed by atoms with Gasteiger partial charge in [-0.2, -0.15) is 0 Å². The van der Waals surface area contributed by atoms with Gasteiger partial charge in [0.2, 0.25) is 0 Å². The zero-order valence-corrected chi connectivity index (χ0v) is 12.4. The third-order valence-electron chi connectivity index (χ3n) is 2.75. The van der Waals surface area contributed by atoms with E-state index in [-0.39, 0.29) is 24.8 Å². The van der Waals surface area contributed by atoms with E-state index in [4.69, 9.17) is 0 Å². The maximum atomic E-state index is 2.34. The second-order valence-electron chi connectivity index (χ2n) is 3.67. The first-order valence-electron chi connectivity index (χ1n) is 4.76. The molecular formula is C13H9Cl2Zr. The van der Waals surface area contributed by atoms with E-state index in [1.165, 1.54) is 21.9 Å². The van der Waals surface area contributed by atoms with Crippen molar-refractivity contribution in [2.45, 2.75) is 3.63 Å². The molecule has 0 fully saturated rings. The predicted octanol–water partition coefficient (Wildman–Crippen LogP) is -2.54. The molecule has 0 bridgehead atoms. The van der Waals surface area contributed by atoms with Crippen molar-refractivity contribution in [1.29, 1.82) is 0 Å². The molecule has 0 nitrogen and oxygen atoms in total. The van der Waals surface area contributed by atoms with Crippen LogP contribution in [0.2, 0.25) is 0 Å².